The van der Waals surface area contributed by atoms with Gasteiger partial charge in [-0.05, 0) is 55.8 Å². The van der Waals surface area contributed by atoms with E-state index in [9.17, 15) is 14.4 Å². The molecule has 2 N–H and O–H groups in total. The number of carbonyl (C=O) groups excluding carboxylic acids is 2. The lowest BCUT2D eigenvalue weighted by atomic mass is 10.1. The Morgan fingerprint density at radius 3 is 2.47 bits per heavy atom. The van der Waals surface area contributed by atoms with Gasteiger partial charge in [0.15, 0.2) is 5.16 Å². The maximum absolute atomic E-state index is 13.4. The van der Waals surface area contributed by atoms with Crippen molar-refractivity contribution in [3.05, 3.63) is 98.8 Å². The third-order valence-corrected chi connectivity index (χ3v) is 6.29. The number of aryl methyl sites for hydroxylation is 2. The van der Waals surface area contributed by atoms with Crippen molar-refractivity contribution in [3.8, 4) is 5.69 Å². The number of halogens is 1. The summed E-state index contributed by atoms with van der Waals surface area (Å²) in [7, 11) is 0. The number of nitrogens with zero attached hydrogens (tertiary/aromatic N) is 2. The first-order valence-electron chi connectivity index (χ1n) is 10.4. The molecule has 4 aromatic rings. The zero-order valence-corrected chi connectivity index (χ0v) is 20.0. The zero-order chi connectivity index (χ0) is 24.2. The second kappa shape index (κ2) is 10.1. The normalized spacial score (nSPS) is 10.8. The molecule has 0 aliphatic rings. The van der Waals surface area contributed by atoms with E-state index in [0.717, 1.165) is 22.9 Å². The van der Waals surface area contributed by atoms with Crippen LogP contribution in [0.25, 0.3) is 16.6 Å². The second-order valence-corrected chi connectivity index (χ2v) is 9.02. The number of hydrogen-bond donors (Lipinski definition) is 2. The molecular formula is C25H21ClN4O3S. The van der Waals surface area contributed by atoms with E-state index in [4.69, 9.17) is 11.6 Å². The number of fused-ring (bicyclic) bond motifs is 1. The molecule has 0 atom stereocenters. The monoisotopic (exact) mass is 492 g/mol. The summed E-state index contributed by atoms with van der Waals surface area (Å²) in [6.07, 6.45) is 0. The lowest BCUT2D eigenvalue weighted by Gasteiger charge is -2.15. The van der Waals surface area contributed by atoms with E-state index in [-0.39, 0.29) is 11.3 Å². The van der Waals surface area contributed by atoms with Crippen molar-refractivity contribution in [1.82, 2.24) is 20.4 Å². The summed E-state index contributed by atoms with van der Waals surface area (Å²) in [6, 6.07) is 19.3. The van der Waals surface area contributed by atoms with E-state index >= 15 is 0 Å². The summed E-state index contributed by atoms with van der Waals surface area (Å²) in [5.74, 6) is -0.936. The van der Waals surface area contributed by atoms with Crippen LogP contribution in [-0.2, 0) is 4.79 Å². The van der Waals surface area contributed by atoms with Gasteiger partial charge < -0.3 is 0 Å². The van der Waals surface area contributed by atoms with Crippen molar-refractivity contribution >= 4 is 46.1 Å². The van der Waals surface area contributed by atoms with Crippen molar-refractivity contribution in [2.45, 2.75) is 19.0 Å². The fourth-order valence-electron chi connectivity index (χ4n) is 3.33. The topological polar surface area (TPSA) is 93.1 Å². The Balaban J connectivity index is 1.57. The van der Waals surface area contributed by atoms with Crippen molar-refractivity contribution in [2.75, 3.05) is 5.75 Å². The molecule has 0 aliphatic carbocycles. The molecule has 0 aliphatic heterocycles. The van der Waals surface area contributed by atoms with Gasteiger partial charge in [0.2, 0.25) is 5.91 Å². The van der Waals surface area contributed by atoms with Crippen LogP contribution in [0.5, 0.6) is 0 Å². The number of para-hydroxylation sites is 1. The first-order chi connectivity index (χ1) is 16.3. The second-order valence-electron chi connectivity index (χ2n) is 7.64. The van der Waals surface area contributed by atoms with Gasteiger partial charge in [-0.1, -0.05) is 59.3 Å². The minimum absolute atomic E-state index is 0.0709. The number of hydrogen-bond acceptors (Lipinski definition) is 5. The first kappa shape index (κ1) is 23.5. The van der Waals surface area contributed by atoms with E-state index < -0.39 is 11.8 Å². The van der Waals surface area contributed by atoms with Gasteiger partial charge in [-0.25, -0.2) is 4.98 Å². The van der Waals surface area contributed by atoms with Crippen LogP contribution in [0.15, 0.2) is 76.7 Å². The molecule has 0 spiro atoms. The maximum atomic E-state index is 13.4. The van der Waals surface area contributed by atoms with E-state index in [1.807, 2.05) is 50.2 Å². The maximum Gasteiger partial charge on any atom is 0.269 e. The minimum Gasteiger partial charge on any atom is -0.272 e. The molecule has 1 aromatic heterocycles. The molecule has 34 heavy (non-hydrogen) atoms. The number of amides is 2. The number of thioether (sulfide) groups is 1. The quantitative estimate of drug-likeness (QED) is 0.247. The largest absolute Gasteiger partial charge is 0.272 e. The smallest absolute Gasteiger partial charge is 0.269 e. The van der Waals surface area contributed by atoms with Crippen LogP contribution in [0, 0.1) is 13.8 Å². The average molecular weight is 493 g/mol. The lowest BCUT2D eigenvalue weighted by Crippen LogP contribution is -2.42. The Bertz CT molecular complexity index is 1450. The summed E-state index contributed by atoms with van der Waals surface area (Å²) in [4.78, 5) is 42.6. The molecule has 2 amide bonds. The highest BCUT2D eigenvalue weighted by Gasteiger charge is 2.17. The minimum atomic E-state index is -0.442. The molecule has 172 valence electrons. The molecular weight excluding hydrogens is 472 g/mol. The zero-order valence-electron chi connectivity index (χ0n) is 18.5. The molecule has 0 saturated carbocycles. The van der Waals surface area contributed by atoms with Crippen molar-refractivity contribution in [2.24, 2.45) is 0 Å². The molecule has 1 heterocycles. The Kier molecular flexibility index (Phi) is 7.00. The van der Waals surface area contributed by atoms with E-state index in [1.54, 1.807) is 30.3 Å². The van der Waals surface area contributed by atoms with E-state index in [2.05, 4.69) is 15.8 Å². The highest BCUT2D eigenvalue weighted by Crippen LogP contribution is 2.24. The number of nitrogens with one attached hydrogen (secondary N) is 2. The van der Waals surface area contributed by atoms with Crippen LogP contribution in [0.2, 0.25) is 5.02 Å². The van der Waals surface area contributed by atoms with Crippen molar-refractivity contribution in [1.29, 1.82) is 0 Å². The highest BCUT2D eigenvalue weighted by atomic mass is 35.5. The van der Waals surface area contributed by atoms with Crippen LogP contribution < -0.4 is 16.4 Å². The van der Waals surface area contributed by atoms with E-state index in [1.165, 1.54) is 4.57 Å². The van der Waals surface area contributed by atoms with Crippen molar-refractivity contribution in [3.63, 3.8) is 0 Å². The summed E-state index contributed by atoms with van der Waals surface area (Å²) < 4.78 is 1.49. The van der Waals surface area contributed by atoms with Crippen LogP contribution in [0.3, 0.4) is 0 Å². The number of benzene rings is 3. The van der Waals surface area contributed by atoms with Gasteiger partial charge in [0.25, 0.3) is 11.5 Å². The molecule has 0 bridgehead atoms. The van der Waals surface area contributed by atoms with Crippen LogP contribution in [-0.4, -0.2) is 27.1 Å². The van der Waals surface area contributed by atoms with Crippen LogP contribution >= 0.6 is 23.4 Å². The van der Waals surface area contributed by atoms with Gasteiger partial charge in [0.1, 0.15) is 0 Å². The molecule has 9 heteroatoms. The standard InChI is InChI=1S/C25H21ClN4O3S/c1-15-7-9-17(10-8-15)23(32)29-28-22(31)14-34-25-27-20-13-18(26)11-12-19(20)24(33)30(25)21-6-4-3-5-16(21)2/h3-13H,14H2,1-2H3,(H,28,31)(H,29,32). The molecule has 7 nitrogen and oxygen atoms in total. The molecule has 0 radical (unpaired) electrons. The Morgan fingerprint density at radius 2 is 1.74 bits per heavy atom. The Morgan fingerprint density at radius 1 is 1.00 bits per heavy atom. The summed E-state index contributed by atoms with van der Waals surface area (Å²) >= 11 is 7.19. The van der Waals surface area contributed by atoms with Gasteiger partial charge in [-0.15, -0.1) is 0 Å². The SMILES string of the molecule is Cc1ccc(C(=O)NNC(=O)CSc2nc3cc(Cl)ccc3c(=O)n2-c2ccccc2C)cc1. The average Bonchev–Trinajstić information content (AvgIpc) is 2.82. The number of rotatable bonds is 5. The molecule has 3 aromatic carbocycles. The van der Waals surface area contributed by atoms with Crippen LogP contribution in [0.1, 0.15) is 21.5 Å². The third kappa shape index (κ3) is 5.13. The van der Waals surface area contributed by atoms with Gasteiger partial charge in [-0.2, -0.15) is 0 Å². The van der Waals surface area contributed by atoms with Gasteiger partial charge >= 0.3 is 0 Å². The van der Waals surface area contributed by atoms with Crippen LogP contribution in [0.4, 0.5) is 0 Å². The lowest BCUT2D eigenvalue weighted by molar-refractivity contribution is -0.119. The number of aromatic nitrogens is 2. The van der Waals surface area contributed by atoms with Gasteiger partial charge in [0.05, 0.1) is 22.3 Å². The Labute approximate surface area is 205 Å². The summed E-state index contributed by atoms with van der Waals surface area (Å²) in [6.45, 7) is 3.82. The van der Waals surface area contributed by atoms with E-state index in [0.29, 0.717) is 32.3 Å². The number of hydrazine groups is 1. The molecule has 0 unspecified atom stereocenters. The highest BCUT2D eigenvalue weighted by molar-refractivity contribution is 7.99. The summed E-state index contributed by atoms with van der Waals surface area (Å²) in [5, 5.41) is 1.22. The third-order valence-electron chi connectivity index (χ3n) is 5.12. The fourth-order valence-corrected chi connectivity index (χ4v) is 4.30. The molecule has 4 rings (SSSR count). The predicted molar refractivity (Wildman–Crippen MR) is 135 cm³/mol. The van der Waals surface area contributed by atoms with Crippen molar-refractivity contribution < 1.29 is 9.59 Å². The van der Waals surface area contributed by atoms with Gasteiger partial charge in [-0.3, -0.25) is 29.8 Å². The van der Waals surface area contributed by atoms with Gasteiger partial charge in [0, 0.05) is 10.6 Å². The molecule has 0 fully saturated rings. The Hall–Kier alpha value is -3.62. The molecule has 0 saturated heterocycles. The first-order valence-corrected chi connectivity index (χ1v) is 11.8. The predicted octanol–water partition coefficient (Wildman–Crippen LogP) is 4.21. The fraction of sp³-hybridized carbons (Fsp3) is 0.120. The number of carbonyl (C=O) groups is 2. The summed E-state index contributed by atoms with van der Waals surface area (Å²) in [5.41, 5.74) is 8.00.